The van der Waals surface area contributed by atoms with Crippen LogP contribution in [0.5, 0.6) is 0 Å². The molecule has 9 heteroatoms. The van der Waals surface area contributed by atoms with Crippen LogP contribution in [-0.2, 0) is 0 Å². The predicted molar refractivity (Wildman–Crippen MR) is 114 cm³/mol. The Labute approximate surface area is 200 Å². The molecule has 0 aromatic heterocycles. The summed E-state index contributed by atoms with van der Waals surface area (Å²) in [6.07, 6.45) is 0. The van der Waals surface area contributed by atoms with Gasteiger partial charge in [0, 0.05) is 20.6 Å². The fraction of sp³-hybridized carbons (Fsp3) is 0. The van der Waals surface area contributed by atoms with Crippen LogP contribution in [0.4, 0.5) is 5.69 Å². The minimum Gasteiger partial charge on any atom is -1.00 e. The Morgan fingerprint density at radius 1 is 0.793 bits per heavy atom. The van der Waals surface area contributed by atoms with Gasteiger partial charge in [0.05, 0.1) is 21.8 Å². The van der Waals surface area contributed by atoms with E-state index in [2.05, 4.69) is 5.32 Å². The number of halogens is 4. The van der Waals surface area contributed by atoms with Crippen molar-refractivity contribution in [2.75, 3.05) is 5.32 Å². The molecule has 3 aromatic carbocycles. The first-order valence-corrected chi connectivity index (χ1v) is 9.36. The number of carboxylic acids is 1. The molecule has 0 atom stereocenters. The van der Waals surface area contributed by atoms with Crippen LogP contribution in [0.25, 0.3) is 11.1 Å². The number of aromatic carboxylic acids is 1. The van der Waals surface area contributed by atoms with Gasteiger partial charge in [0.1, 0.15) is 0 Å². The molecule has 1 amide bonds. The van der Waals surface area contributed by atoms with Gasteiger partial charge in [0.25, 0.3) is 5.91 Å². The topological polar surface area (TPSA) is 66.4 Å². The van der Waals surface area contributed by atoms with Gasteiger partial charge in [-0.25, -0.2) is 4.79 Å². The summed E-state index contributed by atoms with van der Waals surface area (Å²) >= 11 is 24.0. The molecule has 0 aliphatic carbocycles. The van der Waals surface area contributed by atoms with E-state index >= 15 is 0 Å². The van der Waals surface area contributed by atoms with E-state index in [1.165, 1.54) is 30.3 Å². The summed E-state index contributed by atoms with van der Waals surface area (Å²) in [7, 11) is 0. The number of anilines is 1. The standard InChI is InChI=1S/C20H11Cl4NO3.Li.H/c21-11-2-4-13(16(23)8-11)10-1-6-18(15(7-10)20(27)28)25-19(26)14-5-3-12(22)9-17(14)24;;/h1-9H,(H,25,26)(H,27,28);;/q;+1;-1. The van der Waals surface area contributed by atoms with Crippen LogP contribution in [0.15, 0.2) is 54.6 Å². The summed E-state index contributed by atoms with van der Waals surface area (Å²) < 4.78 is 0. The molecule has 0 unspecified atom stereocenters. The predicted octanol–water partition coefficient (Wildman–Crippen LogP) is 4.03. The molecule has 4 nitrogen and oxygen atoms in total. The molecule has 2 N–H and O–H groups in total. The fourth-order valence-corrected chi connectivity index (χ4v) is 3.60. The molecule has 0 aliphatic heterocycles. The molecule has 0 saturated heterocycles. The Kier molecular flexibility index (Phi) is 8.08. The van der Waals surface area contributed by atoms with Crippen molar-refractivity contribution >= 4 is 64.0 Å². The molecule has 0 aliphatic rings. The second kappa shape index (κ2) is 9.91. The van der Waals surface area contributed by atoms with E-state index in [0.717, 1.165) is 0 Å². The van der Waals surface area contributed by atoms with E-state index < -0.39 is 11.9 Å². The third kappa shape index (κ3) is 5.49. The Bertz CT molecular complexity index is 1110. The molecular formula is C20H12Cl4LiNO3. The van der Waals surface area contributed by atoms with Gasteiger partial charge in [-0.1, -0.05) is 58.5 Å². The maximum Gasteiger partial charge on any atom is 1.00 e. The molecule has 0 saturated carbocycles. The Hall–Kier alpha value is -1.64. The second-order valence-electron chi connectivity index (χ2n) is 5.77. The van der Waals surface area contributed by atoms with Gasteiger partial charge in [0.2, 0.25) is 0 Å². The van der Waals surface area contributed by atoms with Crippen molar-refractivity contribution in [3.05, 3.63) is 85.8 Å². The SMILES string of the molecule is O=C(Nc1ccc(-c2ccc(Cl)cc2Cl)cc1C(=O)O)c1ccc(Cl)cc1Cl.[H-].[Li+]. The minimum absolute atomic E-state index is 0. The molecule has 0 bridgehead atoms. The number of carboxylic acid groups (broad SMARTS) is 1. The summed E-state index contributed by atoms with van der Waals surface area (Å²) in [5, 5.41) is 13.5. The number of carbonyl (C=O) groups excluding carboxylic acids is 1. The van der Waals surface area contributed by atoms with Gasteiger partial charge in [-0.3, -0.25) is 4.79 Å². The van der Waals surface area contributed by atoms with Gasteiger partial charge in [0.15, 0.2) is 0 Å². The number of nitrogens with one attached hydrogen (secondary N) is 1. The molecule has 3 rings (SSSR count). The van der Waals surface area contributed by atoms with Crippen LogP contribution >= 0.6 is 46.4 Å². The smallest absolute Gasteiger partial charge is 1.00 e. The van der Waals surface area contributed by atoms with E-state index in [1.807, 2.05) is 0 Å². The summed E-state index contributed by atoms with van der Waals surface area (Å²) in [4.78, 5) is 24.2. The van der Waals surface area contributed by atoms with Crippen molar-refractivity contribution in [1.29, 1.82) is 0 Å². The largest absolute Gasteiger partial charge is 1.00 e. The Morgan fingerprint density at radius 2 is 1.41 bits per heavy atom. The molecular weight excluding hydrogens is 451 g/mol. The van der Waals surface area contributed by atoms with Gasteiger partial charge < -0.3 is 11.8 Å². The zero-order chi connectivity index (χ0) is 20.4. The first kappa shape index (κ1) is 23.6. The number of rotatable bonds is 4. The molecule has 3 aromatic rings. The minimum atomic E-state index is -1.20. The summed E-state index contributed by atoms with van der Waals surface area (Å²) in [6, 6.07) is 13.9. The van der Waals surface area contributed by atoms with E-state index in [4.69, 9.17) is 46.4 Å². The van der Waals surface area contributed by atoms with E-state index in [-0.39, 0.29) is 42.1 Å². The zero-order valence-corrected chi connectivity index (χ0v) is 18.0. The van der Waals surface area contributed by atoms with Crippen LogP contribution < -0.4 is 24.2 Å². The number of benzene rings is 3. The van der Waals surface area contributed by atoms with E-state index in [1.54, 1.807) is 24.3 Å². The zero-order valence-electron chi connectivity index (χ0n) is 16.0. The number of hydrogen-bond acceptors (Lipinski definition) is 2. The molecule has 144 valence electrons. The maximum absolute atomic E-state index is 12.5. The summed E-state index contributed by atoms with van der Waals surface area (Å²) in [5.41, 5.74) is 1.39. The monoisotopic (exact) mass is 461 g/mol. The van der Waals surface area contributed by atoms with Crippen LogP contribution in [0.3, 0.4) is 0 Å². The van der Waals surface area contributed by atoms with Crippen LogP contribution in [-0.4, -0.2) is 17.0 Å². The van der Waals surface area contributed by atoms with Crippen molar-refractivity contribution < 1.29 is 35.0 Å². The second-order valence-corrected chi connectivity index (χ2v) is 7.46. The summed E-state index contributed by atoms with van der Waals surface area (Å²) in [5.74, 6) is -1.76. The van der Waals surface area contributed by atoms with E-state index in [9.17, 15) is 14.7 Å². The average Bonchev–Trinajstić information content (AvgIpc) is 2.62. The third-order valence-corrected chi connectivity index (χ3v) is 5.01. The number of carbonyl (C=O) groups is 2. The van der Waals surface area contributed by atoms with Gasteiger partial charge >= 0.3 is 24.8 Å². The quantitative estimate of drug-likeness (QED) is 0.575. The van der Waals surface area contributed by atoms with Crippen molar-refractivity contribution in [3.63, 3.8) is 0 Å². The van der Waals surface area contributed by atoms with Crippen LogP contribution in [0.2, 0.25) is 20.1 Å². The fourth-order valence-electron chi connectivity index (χ4n) is 2.58. The average molecular weight is 463 g/mol. The Morgan fingerprint density at radius 3 is 2.00 bits per heavy atom. The van der Waals surface area contributed by atoms with Crippen molar-refractivity contribution in [1.82, 2.24) is 0 Å². The molecule has 0 fully saturated rings. The number of amides is 1. The van der Waals surface area contributed by atoms with Crippen molar-refractivity contribution in [2.24, 2.45) is 0 Å². The molecule has 0 heterocycles. The van der Waals surface area contributed by atoms with Gasteiger partial charge in [-0.15, -0.1) is 0 Å². The molecule has 0 spiro atoms. The normalized spacial score (nSPS) is 10.2. The first-order chi connectivity index (χ1) is 13.3. The third-order valence-electron chi connectivity index (χ3n) is 3.92. The van der Waals surface area contributed by atoms with Gasteiger partial charge in [-0.2, -0.15) is 0 Å². The van der Waals surface area contributed by atoms with Gasteiger partial charge in [-0.05, 0) is 48.0 Å². The Balaban J connectivity index is 0.00000225. The number of hydrogen-bond donors (Lipinski definition) is 2. The first-order valence-electron chi connectivity index (χ1n) is 7.85. The molecule has 0 radical (unpaired) electrons. The van der Waals surface area contributed by atoms with Crippen molar-refractivity contribution in [3.8, 4) is 11.1 Å². The maximum atomic E-state index is 12.5. The summed E-state index contributed by atoms with van der Waals surface area (Å²) in [6.45, 7) is 0. The van der Waals surface area contributed by atoms with E-state index in [0.29, 0.717) is 26.2 Å². The molecule has 29 heavy (non-hydrogen) atoms. The van der Waals surface area contributed by atoms with Crippen LogP contribution in [0, 0.1) is 0 Å². The van der Waals surface area contributed by atoms with Crippen molar-refractivity contribution in [2.45, 2.75) is 0 Å². The van der Waals surface area contributed by atoms with Crippen LogP contribution in [0.1, 0.15) is 22.1 Å².